The van der Waals surface area contributed by atoms with E-state index >= 15 is 0 Å². The van der Waals surface area contributed by atoms with Crippen LogP contribution in [0.1, 0.15) is 17.2 Å². The molecule has 0 radical (unpaired) electrons. The molecule has 5 heteroatoms. The van der Waals surface area contributed by atoms with Crippen molar-refractivity contribution in [1.29, 1.82) is 0 Å². The summed E-state index contributed by atoms with van der Waals surface area (Å²) in [4.78, 5) is 14.3. The number of carbonyl (C=O) groups excluding carboxylic acids is 1. The molecule has 1 saturated heterocycles. The van der Waals surface area contributed by atoms with Crippen molar-refractivity contribution >= 4 is 5.91 Å². The first-order chi connectivity index (χ1) is 11.6. The lowest BCUT2D eigenvalue weighted by molar-refractivity contribution is -0.140. The van der Waals surface area contributed by atoms with Crippen LogP contribution in [0.15, 0.2) is 54.6 Å². The van der Waals surface area contributed by atoms with E-state index in [9.17, 15) is 9.18 Å². The molecule has 1 aliphatic heterocycles. The molecule has 2 N–H and O–H groups in total. The highest BCUT2D eigenvalue weighted by Gasteiger charge is 2.28. The van der Waals surface area contributed by atoms with E-state index in [1.54, 1.807) is 11.0 Å². The minimum Gasteiger partial charge on any atom is -0.370 e. The van der Waals surface area contributed by atoms with Crippen molar-refractivity contribution in [2.24, 2.45) is 5.73 Å². The molecule has 4 nitrogen and oxygen atoms in total. The van der Waals surface area contributed by atoms with Crippen molar-refractivity contribution < 1.29 is 13.9 Å². The molecule has 24 heavy (non-hydrogen) atoms. The van der Waals surface area contributed by atoms with Gasteiger partial charge in [0.05, 0.1) is 19.2 Å². The third-order valence-electron chi connectivity index (χ3n) is 4.21. The molecular formula is C19H21FN2O2. The van der Waals surface area contributed by atoms with Crippen molar-refractivity contribution in [3.05, 3.63) is 71.5 Å². The number of amides is 1. The molecule has 126 valence electrons. The molecule has 0 spiro atoms. The van der Waals surface area contributed by atoms with E-state index in [-0.39, 0.29) is 17.8 Å². The van der Waals surface area contributed by atoms with Crippen molar-refractivity contribution in [1.82, 2.24) is 4.90 Å². The highest BCUT2D eigenvalue weighted by atomic mass is 19.1. The molecule has 0 bridgehead atoms. The maximum absolute atomic E-state index is 13.4. The van der Waals surface area contributed by atoms with Crippen LogP contribution in [0.2, 0.25) is 0 Å². The lowest BCUT2D eigenvalue weighted by Gasteiger charge is -2.34. The smallest absolute Gasteiger partial charge is 0.240 e. The fraction of sp³-hybridized carbons (Fsp3) is 0.316. The number of hydrogen-bond donors (Lipinski definition) is 1. The number of rotatable bonds is 4. The molecule has 0 saturated carbocycles. The van der Waals surface area contributed by atoms with Crippen LogP contribution in [-0.4, -0.2) is 36.5 Å². The summed E-state index contributed by atoms with van der Waals surface area (Å²) in [6, 6.07) is 15.4. The largest absolute Gasteiger partial charge is 0.370 e. The van der Waals surface area contributed by atoms with E-state index in [4.69, 9.17) is 10.5 Å². The number of hydrogen-bond acceptors (Lipinski definition) is 3. The van der Waals surface area contributed by atoms with Gasteiger partial charge in [-0.05, 0) is 29.7 Å². The second-order valence-corrected chi connectivity index (χ2v) is 5.99. The van der Waals surface area contributed by atoms with Crippen LogP contribution in [-0.2, 0) is 16.0 Å². The summed E-state index contributed by atoms with van der Waals surface area (Å²) >= 11 is 0. The number of ether oxygens (including phenoxy) is 1. The molecule has 1 amide bonds. The Morgan fingerprint density at radius 2 is 2.04 bits per heavy atom. The van der Waals surface area contributed by atoms with Crippen LogP contribution < -0.4 is 5.73 Å². The Balaban J connectivity index is 1.64. The molecule has 3 rings (SSSR count). The highest BCUT2D eigenvalue weighted by molar-refractivity contribution is 5.82. The normalized spacial score (nSPS) is 19.1. The zero-order valence-electron chi connectivity index (χ0n) is 13.4. The summed E-state index contributed by atoms with van der Waals surface area (Å²) in [7, 11) is 0. The van der Waals surface area contributed by atoms with Crippen molar-refractivity contribution in [2.45, 2.75) is 18.6 Å². The average molecular weight is 328 g/mol. The standard InChI is InChI=1S/C19H21FN2O2/c20-16-8-4-7-15(12-16)18-13-22(9-10-24-18)19(23)17(21)11-14-5-2-1-3-6-14/h1-8,12,17-18H,9-11,13,21H2/t17-,18-/m0/s1. The lowest BCUT2D eigenvalue weighted by atomic mass is 10.0. The zero-order chi connectivity index (χ0) is 16.9. The number of morpholine rings is 1. The van der Waals surface area contributed by atoms with Gasteiger partial charge in [-0.15, -0.1) is 0 Å². The topological polar surface area (TPSA) is 55.6 Å². The first kappa shape index (κ1) is 16.6. The number of nitrogens with zero attached hydrogens (tertiary/aromatic N) is 1. The molecule has 0 aromatic heterocycles. The van der Waals surface area contributed by atoms with Gasteiger partial charge in [-0.2, -0.15) is 0 Å². The Morgan fingerprint density at radius 3 is 2.79 bits per heavy atom. The molecule has 2 aromatic carbocycles. The first-order valence-corrected chi connectivity index (χ1v) is 8.09. The van der Waals surface area contributed by atoms with Crippen LogP contribution in [0.25, 0.3) is 0 Å². The van der Waals surface area contributed by atoms with Gasteiger partial charge in [0.1, 0.15) is 11.9 Å². The molecule has 0 unspecified atom stereocenters. The lowest BCUT2D eigenvalue weighted by Crippen LogP contribution is -2.50. The second-order valence-electron chi connectivity index (χ2n) is 5.99. The summed E-state index contributed by atoms with van der Waals surface area (Å²) in [6.07, 6.45) is 0.184. The Morgan fingerprint density at radius 1 is 1.25 bits per heavy atom. The second kappa shape index (κ2) is 7.55. The van der Waals surface area contributed by atoms with Crippen LogP contribution in [0, 0.1) is 5.82 Å². The van der Waals surface area contributed by atoms with Gasteiger partial charge in [-0.1, -0.05) is 42.5 Å². The van der Waals surface area contributed by atoms with Crippen LogP contribution in [0.4, 0.5) is 4.39 Å². The van der Waals surface area contributed by atoms with Crippen LogP contribution in [0.3, 0.4) is 0 Å². The maximum Gasteiger partial charge on any atom is 0.240 e. The van der Waals surface area contributed by atoms with Crippen molar-refractivity contribution in [3.8, 4) is 0 Å². The quantitative estimate of drug-likeness (QED) is 0.937. The van der Waals surface area contributed by atoms with E-state index in [1.807, 2.05) is 36.4 Å². The van der Waals surface area contributed by atoms with E-state index in [0.717, 1.165) is 11.1 Å². The van der Waals surface area contributed by atoms with Gasteiger partial charge in [-0.3, -0.25) is 4.79 Å². The van der Waals surface area contributed by atoms with Crippen molar-refractivity contribution in [3.63, 3.8) is 0 Å². The van der Waals surface area contributed by atoms with Crippen LogP contribution in [0.5, 0.6) is 0 Å². The predicted octanol–water partition coefficient (Wildman–Crippen LogP) is 2.30. The molecule has 0 aliphatic carbocycles. The zero-order valence-corrected chi connectivity index (χ0v) is 13.4. The number of halogens is 1. The Labute approximate surface area is 141 Å². The fourth-order valence-electron chi connectivity index (χ4n) is 2.95. The fourth-order valence-corrected chi connectivity index (χ4v) is 2.95. The summed E-state index contributed by atoms with van der Waals surface area (Å²) < 4.78 is 19.1. The first-order valence-electron chi connectivity index (χ1n) is 8.09. The molecular weight excluding hydrogens is 307 g/mol. The maximum atomic E-state index is 13.4. The van der Waals surface area contributed by atoms with Gasteiger partial charge in [0.25, 0.3) is 0 Å². The van der Waals surface area contributed by atoms with Gasteiger partial charge < -0.3 is 15.4 Å². The molecule has 1 heterocycles. The Bertz CT molecular complexity index is 693. The molecule has 1 aliphatic rings. The van der Waals surface area contributed by atoms with Gasteiger partial charge in [-0.25, -0.2) is 4.39 Å². The Kier molecular flexibility index (Phi) is 5.23. The third kappa shape index (κ3) is 3.99. The minimum absolute atomic E-state index is 0.0939. The van der Waals surface area contributed by atoms with Gasteiger partial charge >= 0.3 is 0 Å². The summed E-state index contributed by atoms with van der Waals surface area (Å²) in [5.74, 6) is -0.399. The minimum atomic E-state index is -0.585. The summed E-state index contributed by atoms with van der Waals surface area (Å²) in [5, 5.41) is 0. The summed E-state index contributed by atoms with van der Waals surface area (Å²) in [5.41, 5.74) is 7.87. The number of benzene rings is 2. The molecule has 2 atom stereocenters. The summed E-state index contributed by atoms with van der Waals surface area (Å²) in [6.45, 7) is 1.32. The van der Waals surface area contributed by atoms with Gasteiger partial charge in [0, 0.05) is 6.54 Å². The number of nitrogens with two attached hydrogens (primary N) is 1. The van der Waals surface area contributed by atoms with Gasteiger partial charge in [0.2, 0.25) is 5.91 Å². The van der Waals surface area contributed by atoms with E-state index in [2.05, 4.69) is 0 Å². The highest BCUT2D eigenvalue weighted by Crippen LogP contribution is 2.23. The van der Waals surface area contributed by atoms with Crippen LogP contribution >= 0.6 is 0 Å². The monoisotopic (exact) mass is 328 g/mol. The third-order valence-corrected chi connectivity index (χ3v) is 4.21. The predicted molar refractivity (Wildman–Crippen MR) is 89.8 cm³/mol. The average Bonchev–Trinajstić information content (AvgIpc) is 2.62. The van der Waals surface area contributed by atoms with Crippen molar-refractivity contribution in [2.75, 3.05) is 19.7 Å². The van der Waals surface area contributed by atoms with E-state index in [0.29, 0.717) is 26.1 Å². The van der Waals surface area contributed by atoms with Gasteiger partial charge in [0.15, 0.2) is 0 Å². The molecule has 2 aromatic rings. The molecule has 1 fully saturated rings. The number of carbonyl (C=O) groups is 1. The Hall–Kier alpha value is -2.24. The van der Waals surface area contributed by atoms with E-state index in [1.165, 1.54) is 12.1 Å². The van der Waals surface area contributed by atoms with E-state index < -0.39 is 6.04 Å². The SMILES string of the molecule is N[C@@H](Cc1ccccc1)C(=O)N1CCO[C@H](c2cccc(F)c2)C1.